The first-order chi connectivity index (χ1) is 11.7. The van der Waals surface area contributed by atoms with Gasteiger partial charge in [-0.05, 0) is 24.1 Å². The second-order valence-corrected chi connectivity index (χ2v) is 5.91. The van der Waals surface area contributed by atoms with Crippen molar-refractivity contribution in [2.45, 2.75) is 58.4 Å². The van der Waals surface area contributed by atoms with Crippen LogP contribution in [0.5, 0.6) is 5.75 Å². The molecule has 0 unspecified atom stereocenters. The summed E-state index contributed by atoms with van der Waals surface area (Å²) in [4.78, 5) is 23.4. The maximum absolute atomic E-state index is 11.7. The third-order valence-corrected chi connectivity index (χ3v) is 3.88. The third-order valence-electron chi connectivity index (χ3n) is 3.88. The Morgan fingerprint density at radius 3 is 2.08 bits per heavy atom. The maximum Gasteiger partial charge on any atom is 0.309 e. The molecule has 0 atom stereocenters. The van der Waals surface area contributed by atoms with E-state index in [1.807, 2.05) is 24.3 Å². The first-order valence-electron chi connectivity index (χ1n) is 8.86. The highest BCUT2D eigenvalue weighted by Crippen LogP contribution is 2.10. The van der Waals surface area contributed by atoms with Crippen molar-refractivity contribution in [1.82, 2.24) is 10.6 Å². The number of methoxy groups -OCH3 is 1. The highest BCUT2D eigenvalue weighted by Gasteiger charge is 2.11. The minimum atomic E-state index is -0.589. The zero-order chi connectivity index (χ0) is 17.6. The van der Waals surface area contributed by atoms with Crippen LogP contribution in [0.25, 0.3) is 0 Å². The summed E-state index contributed by atoms with van der Waals surface area (Å²) in [5.41, 5.74) is 0.920. The van der Waals surface area contributed by atoms with Gasteiger partial charge >= 0.3 is 11.8 Å². The largest absolute Gasteiger partial charge is 0.497 e. The fraction of sp³-hybridized carbons (Fsp3) is 0.579. The summed E-state index contributed by atoms with van der Waals surface area (Å²) in [5.74, 6) is -0.388. The molecule has 0 bridgehead atoms. The molecule has 2 N–H and O–H groups in total. The van der Waals surface area contributed by atoms with Gasteiger partial charge in [0.1, 0.15) is 5.75 Å². The smallest absolute Gasteiger partial charge is 0.309 e. The quantitative estimate of drug-likeness (QED) is 0.482. The molecule has 0 heterocycles. The number of carbonyl (C=O) groups excluding carboxylic acids is 2. The molecule has 0 aliphatic carbocycles. The molecule has 134 valence electrons. The molecule has 0 saturated carbocycles. The molecule has 24 heavy (non-hydrogen) atoms. The molecular formula is C19H30N2O3. The highest BCUT2D eigenvalue weighted by atomic mass is 16.5. The number of benzene rings is 1. The van der Waals surface area contributed by atoms with Crippen LogP contribution < -0.4 is 15.4 Å². The highest BCUT2D eigenvalue weighted by molar-refractivity contribution is 6.35. The molecule has 2 amide bonds. The minimum Gasteiger partial charge on any atom is -0.497 e. The predicted molar refractivity (Wildman–Crippen MR) is 95.8 cm³/mol. The van der Waals surface area contributed by atoms with E-state index in [2.05, 4.69) is 17.6 Å². The van der Waals surface area contributed by atoms with E-state index in [1.54, 1.807) is 7.11 Å². The first-order valence-corrected chi connectivity index (χ1v) is 8.86. The Morgan fingerprint density at radius 1 is 0.875 bits per heavy atom. The van der Waals surface area contributed by atoms with Gasteiger partial charge in [0.05, 0.1) is 7.11 Å². The molecule has 5 heteroatoms. The number of ether oxygens (including phenoxy) is 1. The molecule has 1 aromatic rings. The van der Waals surface area contributed by atoms with Gasteiger partial charge in [-0.3, -0.25) is 9.59 Å². The third kappa shape index (κ3) is 8.56. The fourth-order valence-corrected chi connectivity index (χ4v) is 2.37. The van der Waals surface area contributed by atoms with E-state index < -0.39 is 11.8 Å². The molecular weight excluding hydrogens is 304 g/mol. The average Bonchev–Trinajstić information content (AvgIpc) is 2.62. The van der Waals surface area contributed by atoms with Gasteiger partial charge in [-0.25, -0.2) is 0 Å². The van der Waals surface area contributed by atoms with Crippen molar-refractivity contribution in [2.24, 2.45) is 0 Å². The predicted octanol–water partition coefficient (Wildman–Crippen LogP) is 3.18. The molecule has 0 aliphatic heterocycles. The van der Waals surface area contributed by atoms with E-state index in [-0.39, 0.29) is 0 Å². The molecule has 0 radical (unpaired) electrons. The number of rotatable bonds is 11. The van der Waals surface area contributed by atoms with Gasteiger partial charge < -0.3 is 15.4 Å². The standard InChI is InChI=1S/C19H30N2O3/c1-3-4-5-6-7-8-9-14-20-18(22)19(23)21-15-16-10-12-17(24-2)13-11-16/h10-13H,3-9,14-15H2,1-2H3,(H,20,22)(H,21,23). The molecule has 0 spiro atoms. The molecule has 1 aromatic carbocycles. The van der Waals surface area contributed by atoms with E-state index in [0.717, 1.165) is 24.2 Å². The Kier molecular flexibility index (Phi) is 10.3. The van der Waals surface area contributed by atoms with Gasteiger partial charge in [-0.2, -0.15) is 0 Å². The van der Waals surface area contributed by atoms with Crippen molar-refractivity contribution >= 4 is 11.8 Å². The summed E-state index contributed by atoms with van der Waals surface area (Å²) in [7, 11) is 1.60. The van der Waals surface area contributed by atoms with Gasteiger partial charge in [-0.1, -0.05) is 57.6 Å². The van der Waals surface area contributed by atoms with Crippen LogP contribution in [-0.4, -0.2) is 25.5 Å². The van der Waals surface area contributed by atoms with Crippen molar-refractivity contribution < 1.29 is 14.3 Å². The average molecular weight is 334 g/mol. The number of unbranched alkanes of at least 4 members (excludes halogenated alkanes) is 6. The number of nitrogens with one attached hydrogen (secondary N) is 2. The Morgan fingerprint density at radius 2 is 1.46 bits per heavy atom. The molecule has 0 fully saturated rings. The monoisotopic (exact) mass is 334 g/mol. The number of hydrogen-bond acceptors (Lipinski definition) is 3. The van der Waals surface area contributed by atoms with Gasteiger partial charge in [0.25, 0.3) is 0 Å². The maximum atomic E-state index is 11.7. The van der Waals surface area contributed by atoms with Gasteiger partial charge in [-0.15, -0.1) is 0 Å². The van der Waals surface area contributed by atoms with Gasteiger partial charge in [0.2, 0.25) is 0 Å². The van der Waals surface area contributed by atoms with Crippen molar-refractivity contribution in [1.29, 1.82) is 0 Å². The van der Waals surface area contributed by atoms with Crippen molar-refractivity contribution in [3.63, 3.8) is 0 Å². The topological polar surface area (TPSA) is 67.4 Å². The van der Waals surface area contributed by atoms with E-state index >= 15 is 0 Å². The fourth-order valence-electron chi connectivity index (χ4n) is 2.37. The summed E-state index contributed by atoms with van der Waals surface area (Å²) in [6.07, 6.45) is 8.30. The van der Waals surface area contributed by atoms with Gasteiger partial charge in [0.15, 0.2) is 0 Å². The van der Waals surface area contributed by atoms with Crippen LogP contribution in [0.4, 0.5) is 0 Å². The molecule has 0 saturated heterocycles. The lowest BCUT2D eigenvalue weighted by Crippen LogP contribution is -2.39. The lowest BCUT2D eigenvalue weighted by Gasteiger charge is -2.07. The molecule has 0 aliphatic rings. The molecule has 5 nitrogen and oxygen atoms in total. The lowest BCUT2D eigenvalue weighted by molar-refractivity contribution is -0.139. The van der Waals surface area contributed by atoms with Crippen LogP contribution in [0.1, 0.15) is 57.4 Å². The Balaban J connectivity index is 2.10. The van der Waals surface area contributed by atoms with Crippen LogP contribution in [0, 0.1) is 0 Å². The Labute approximate surface area is 145 Å². The minimum absolute atomic E-state index is 0.327. The number of hydrogen-bond donors (Lipinski definition) is 2. The zero-order valence-corrected chi connectivity index (χ0v) is 14.9. The summed E-state index contributed by atoms with van der Waals surface area (Å²) < 4.78 is 5.07. The number of carbonyl (C=O) groups is 2. The lowest BCUT2D eigenvalue weighted by atomic mass is 10.1. The normalized spacial score (nSPS) is 10.2. The van der Waals surface area contributed by atoms with Crippen LogP contribution >= 0.6 is 0 Å². The summed E-state index contributed by atoms with van der Waals surface area (Å²) in [6.45, 7) is 3.09. The van der Waals surface area contributed by atoms with Crippen LogP contribution in [-0.2, 0) is 16.1 Å². The van der Waals surface area contributed by atoms with Gasteiger partial charge in [0, 0.05) is 13.1 Å². The van der Waals surface area contributed by atoms with Crippen LogP contribution in [0.3, 0.4) is 0 Å². The zero-order valence-electron chi connectivity index (χ0n) is 14.9. The van der Waals surface area contributed by atoms with E-state index in [9.17, 15) is 9.59 Å². The SMILES string of the molecule is CCCCCCCCCNC(=O)C(=O)NCc1ccc(OC)cc1. The van der Waals surface area contributed by atoms with E-state index in [0.29, 0.717) is 13.1 Å². The Hall–Kier alpha value is -2.04. The molecule has 1 rings (SSSR count). The summed E-state index contributed by atoms with van der Waals surface area (Å²) in [5, 5.41) is 5.29. The number of amides is 2. The van der Waals surface area contributed by atoms with Crippen molar-refractivity contribution in [3.8, 4) is 5.75 Å². The molecule has 0 aromatic heterocycles. The van der Waals surface area contributed by atoms with Crippen molar-refractivity contribution in [3.05, 3.63) is 29.8 Å². The summed E-state index contributed by atoms with van der Waals surface area (Å²) in [6, 6.07) is 7.36. The second-order valence-electron chi connectivity index (χ2n) is 5.91. The first kappa shape index (κ1) is 20.0. The van der Waals surface area contributed by atoms with E-state index in [1.165, 1.54) is 32.1 Å². The van der Waals surface area contributed by atoms with Crippen molar-refractivity contribution in [2.75, 3.05) is 13.7 Å². The summed E-state index contributed by atoms with van der Waals surface area (Å²) >= 11 is 0. The van der Waals surface area contributed by atoms with E-state index in [4.69, 9.17) is 4.74 Å². The van der Waals surface area contributed by atoms with Crippen LogP contribution in [0.15, 0.2) is 24.3 Å². The second kappa shape index (κ2) is 12.4. The Bertz CT molecular complexity index is 486. The van der Waals surface area contributed by atoms with Crippen LogP contribution in [0.2, 0.25) is 0 Å².